The highest BCUT2D eigenvalue weighted by molar-refractivity contribution is 5.36. The van der Waals surface area contributed by atoms with Gasteiger partial charge in [0.1, 0.15) is 18.0 Å². The van der Waals surface area contributed by atoms with Gasteiger partial charge in [-0.1, -0.05) is 12.1 Å². The van der Waals surface area contributed by atoms with Gasteiger partial charge in [-0.25, -0.2) is 0 Å². The fourth-order valence-electron chi connectivity index (χ4n) is 2.13. The first kappa shape index (κ1) is 16.1. The number of alkyl halides is 3. The van der Waals surface area contributed by atoms with Crippen LogP contribution in [0.4, 0.5) is 13.2 Å². The van der Waals surface area contributed by atoms with Crippen molar-refractivity contribution in [2.24, 2.45) is 0 Å². The molecule has 1 aliphatic carbocycles. The summed E-state index contributed by atoms with van der Waals surface area (Å²) in [6.45, 7) is 0.591. The number of aliphatic hydroxyl groups is 1. The third kappa shape index (κ3) is 3.87. The molecule has 1 fully saturated rings. The topological polar surface area (TPSA) is 47.9 Å². The molecule has 0 spiro atoms. The molecule has 7 heteroatoms. The predicted molar refractivity (Wildman–Crippen MR) is 68.1 cm³/mol. The van der Waals surface area contributed by atoms with Crippen molar-refractivity contribution in [3.8, 4) is 5.75 Å². The summed E-state index contributed by atoms with van der Waals surface area (Å²) < 4.78 is 54.2. The molecule has 0 bridgehead atoms. The van der Waals surface area contributed by atoms with Crippen LogP contribution in [-0.4, -0.2) is 43.7 Å². The van der Waals surface area contributed by atoms with Gasteiger partial charge < -0.3 is 19.3 Å². The average molecular weight is 306 g/mol. The zero-order chi connectivity index (χ0) is 15.5. The Labute approximate surface area is 120 Å². The van der Waals surface area contributed by atoms with Crippen LogP contribution in [0.3, 0.4) is 0 Å². The number of hydrogen-bond acceptors (Lipinski definition) is 4. The molecule has 4 nitrogen and oxygen atoms in total. The lowest BCUT2D eigenvalue weighted by molar-refractivity contribution is -0.171. The maximum atomic E-state index is 12.9. The minimum absolute atomic E-state index is 0.240. The molecule has 0 radical (unpaired) electrons. The molecule has 2 rings (SSSR count). The van der Waals surface area contributed by atoms with Gasteiger partial charge in [-0.15, -0.1) is 0 Å². The SMILES string of the molecule is COCCOC1C(O)CC1Oc1ccccc1C(F)(F)F. The molecule has 0 aromatic heterocycles. The normalized spacial score (nSPS) is 25.5. The standard InChI is InChI=1S/C14H17F3O4/c1-19-6-7-20-13-10(18)8-12(13)21-11-5-3-2-4-9(11)14(15,16)17/h2-5,10,12-13,18H,6-8H2,1H3. The molecule has 0 amide bonds. The Morgan fingerprint density at radius 3 is 2.57 bits per heavy atom. The highest BCUT2D eigenvalue weighted by Gasteiger charge is 2.44. The Balaban J connectivity index is 2.02. The molecule has 21 heavy (non-hydrogen) atoms. The van der Waals surface area contributed by atoms with Crippen LogP contribution >= 0.6 is 0 Å². The predicted octanol–water partition coefficient (Wildman–Crippen LogP) is 2.25. The molecule has 1 aromatic carbocycles. The van der Waals surface area contributed by atoms with Crippen LogP contribution in [-0.2, 0) is 15.7 Å². The van der Waals surface area contributed by atoms with Crippen molar-refractivity contribution >= 4 is 0 Å². The number of ether oxygens (including phenoxy) is 3. The van der Waals surface area contributed by atoms with Crippen molar-refractivity contribution < 1.29 is 32.5 Å². The van der Waals surface area contributed by atoms with Crippen LogP contribution in [0.15, 0.2) is 24.3 Å². The molecular weight excluding hydrogens is 289 g/mol. The minimum Gasteiger partial charge on any atom is -0.487 e. The van der Waals surface area contributed by atoms with Gasteiger partial charge in [0.15, 0.2) is 0 Å². The molecule has 1 aliphatic rings. The van der Waals surface area contributed by atoms with Crippen LogP contribution in [0, 0.1) is 0 Å². The minimum atomic E-state index is -4.48. The number of rotatable bonds is 6. The first-order chi connectivity index (χ1) is 9.93. The molecule has 3 unspecified atom stereocenters. The van der Waals surface area contributed by atoms with Crippen molar-refractivity contribution in [3.63, 3.8) is 0 Å². The largest absolute Gasteiger partial charge is 0.487 e. The third-order valence-corrected chi connectivity index (χ3v) is 3.29. The van der Waals surface area contributed by atoms with Gasteiger partial charge in [-0.05, 0) is 12.1 Å². The summed E-state index contributed by atoms with van der Waals surface area (Å²) in [4.78, 5) is 0. The maximum Gasteiger partial charge on any atom is 0.419 e. The summed E-state index contributed by atoms with van der Waals surface area (Å²) in [6, 6.07) is 5.00. The summed E-state index contributed by atoms with van der Waals surface area (Å²) >= 11 is 0. The van der Waals surface area contributed by atoms with E-state index in [1.54, 1.807) is 0 Å². The van der Waals surface area contributed by atoms with E-state index in [-0.39, 0.29) is 18.8 Å². The van der Waals surface area contributed by atoms with Gasteiger partial charge in [-0.3, -0.25) is 0 Å². The molecule has 1 aromatic rings. The fourth-order valence-corrected chi connectivity index (χ4v) is 2.13. The van der Waals surface area contributed by atoms with E-state index in [0.29, 0.717) is 6.61 Å². The molecule has 0 saturated heterocycles. The lowest BCUT2D eigenvalue weighted by atomic mass is 9.88. The maximum absolute atomic E-state index is 12.9. The first-order valence-corrected chi connectivity index (χ1v) is 6.55. The Morgan fingerprint density at radius 2 is 1.95 bits per heavy atom. The van der Waals surface area contributed by atoms with E-state index in [1.807, 2.05) is 0 Å². The molecule has 1 N–H and O–H groups in total. The van der Waals surface area contributed by atoms with Crippen molar-refractivity contribution in [2.75, 3.05) is 20.3 Å². The van der Waals surface area contributed by atoms with Crippen molar-refractivity contribution in [2.45, 2.75) is 30.9 Å². The number of methoxy groups -OCH3 is 1. The van der Waals surface area contributed by atoms with Gasteiger partial charge in [0.05, 0.1) is 24.9 Å². The van der Waals surface area contributed by atoms with E-state index >= 15 is 0 Å². The molecular formula is C14H17F3O4. The summed E-state index contributed by atoms with van der Waals surface area (Å²) in [6.07, 6.45) is -6.21. The lowest BCUT2D eigenvalue weighted by Gasteiger charge is -2.41. The monoisotopic (exact) mass is 306 g/mol. The summed E-state index contributed by atoms with van der Waals surface area (Å²) in [5, 5.41) is 9.62. The molecule has 3 atom stereocenters. The third-order valence-electron chi connectivity index (χ3n) is 3.29. The van der Waals surface area contributed by atoms with Crippen LogP contribution in [0.25, 0.3) is 0 Å². The van der Waals surface area contributed by atoms with E-state index in [9.17, 15) is 18.3 Å². The van der Waals surface area contributed by atoms with E-state index < -0.39 is 30.1 Å². The van der Waals surface area contributed by atoms with Gasteiger partial charge >= 0.3 is 6.18 Å². The summed E-state index contributed by atoms with van der Waals surface area (Å²) in [5.41, 5.74) is -0.831. The lowest BCUT2D eigenvalue weighted by Crippen LogP contribution is -2.55. The van der Waals surface area contributed by atoms with Crippen LogP contribution < -0.4 is 4.74 Å². The van der Waals surface area contributed by atoms with E-state index in [2.05, 4.69) is 0 Å². The highest BCUT2D eigenvalue weighted by Crippen LogP contribution is 2.38. The smallest absolute Gasteiger partial charge is 0.419 e. The fraction of sp³-hybridized carbons (Fsp3) is 0.571. The molecule has 0 heterocycles. The van der Waals surface area contributed by atoms with Crippen LogP contribution in [0.2, 0.25) is 0 Å². The first-order valence-electron chi connectivity index (χ1n) is 6.55. The van der Waals surface area contributed by atoms with E-state index in [0.717, 1.165) is 6.07 Å². The second kappa shape index (κ2) is 6.64. The zero-order valence-corrected chi connectivity index (χ0v) is 11.5. The van der Waals surface area contributed by atoms with Gasteiger partial charge in [-0.2, -0.15) is 13.2 Å². The van der Waals surface area contributed by atoms with E-state index in [1.165, 1.54) is 25.3 Å². The quantitative estimate of drug-likeness (QED) is 0.819. The van der Waals surface area contributed by atoms with Crippen molar-refractivity contribution in [1.82, 2.24) is 0 Å². The molecule has 0 aliphatic heterocycles. The number of hydrogen-bond donors (Lipinski definition) is 1. The molecule has 1 saturated carbocycles. The van der Waals surface area contributed by atoms with Gasteiger partial charge in [0, 0.05) is 13.5 Å². The number of halogens is 3. The highest BCUT2D eigenvalue weighted by atomic mass is 19.4. The summed E-state index contributed by atoms with van der Waals surface area (Å²) in [5.74, 6) is -0.248. The second-order valence-electron chi connectivity index (χ2n) is 4.78. The Bertz CT molecular complexity index is 464. The van der Waals surface area contributed by atoms with Crippen molar-refractivity contribution in [1.29, 1.82) is 0 Å². The van der Waals surface area contributed by atoms with Crippen LogP contribution in [0.1, 0.15) is 12.0 Å². The number of benzene rings is 1. The Hall–Kier alpha value is -1.31. The number of aliphatic hydroxyl groups excluding tert-OH is 1. The Morgan fingerprint density at radius 1 is 1.24 bits per heavy atom. The summed E-state index contributed by atoms with van der Waals surface area (Å²) in [7, 11) is 1.51. The van der Waals surface area contributed by atoms with Gasteiger partial charge in [0.25, 0.3) is 0 Å². The van der Waals surface area contributed by atoms with Gasteiger partial charge in [0.2, 0.25) is 0 Å². The Kier molecular flexibility index (Phi) is 5.08. The van der Waals surface area contributed by atoms with Crippen LogP contribution in [0.5, 0.6) is 5.75 Å². The second-order valence-corrected chi connectivity index (χ2v) is 4.78. The van der Waals surface area contributed by atoms with E-state index in [4.69, 9.17) is 14.2 Å². The zero-order valence-electron chi connectivity index (χ0n) is 11.5. The van der Waals surface area contributed by atoms with Crippen molar-refractivity contribution in [3.05, 3.63) is 29.8 Å². The average Bonchev–Trinajstić information content (AvgIpc) is 2.42. The number of para-hydroxylation sites is 1. The molecule has 118 valence electrons.